The van der Waals surface area contributed by atoms with E-state index in [-0.39, 0.29) is 0 Å². The number of rotatable bonds is 5. The first-order valence-electron chi connectivity index (χ1n) is 6.91. The Morgan fingerprint density at radius 3 is 2.38 bits per heavy atom. The SMILES string of the molecule is CC(Oc1ccc(F)cc1)C(=O)NC1(C(=O)O)CCCC1. The average Bonchev–Trinajstić information content (AvgIpc) is 2.91. The van der Waals surface area contributed by atoms with Crippen LogP contribution in [0.5, 0.6) is 5.75 Å². The summed E-state index contributed by atoms with van der Waals surface area (Å²) in [5, 5.41) is 11.9. The molecule has 114 valence electrons. The number of hydrogen-bond acceptors (Lipinski definition) is 3. The number of hydrogen-bond donors (Lipinski definition) is 2. The maximum Gasteiger partial charge on any atom is 0.329 e. The molecule has 1 atom stereocenters. The first-order chi connectivity index (χ1) is 9.93. The fraction of sp³-hybridized carbons (Fsp3) is 0.467. The van der Waals surface area contributed by atoms with Gasteiger partial charge >= 0.3 is 5.97 Å². The van der Waals surface area contributed by atoms with Gasteiger partial charge in [-0.25, -0.2) is 9.18 Å². The van der Waals surface area contributed by atoms with Crippen LogP contribution in [0.2, 0.25) is 0 Å². The van der Waals surface area contributed by atoms with Crippen LogP contribution in [0, 0.1) is 5.82 Å². The van der Waals surface area contributed by atoms with Crippen molar-refractivity contribution in [3.05, 3.63) is 30.1 Å². The highest BCUT2D eigenvalue weighted by Gasteiger charge is 2.43. The maximum atomic E-state index is 12.8. The predicted octanol–water partition coefficient (Wildman–Crippen LogP) is 2.11. The molecule has 21 heavy (non-hydrogen) atoms. The Morgan fingerprint density at radius 1 is 1.29 bits per heavy atom. The van der Waals surface area contributed by atoms with Crippen molar-refractivity contribution in [3.63, 3.8) is 0 Å². The standard InChI is InChI=1S/C15H18FNO4/c1-10(21-12-6-4-11(16)5-7-12)13(18)17-15(14(19)20)8-2-3-9-15/h4-7,10H,2-3,8-9H2,1H3,(H,17,18)(H,19,20). The van der Waals surface area contributed by atoms with E-state index in [9.17, 15) is 19.1 Å². The Kier molecular flexibility index (Phi) is 4.45. The predicted molar refractivity (Wildman–Crippen MR) is 73.5 cm³/mol. The molecule has 0 aliphatic heterocycles. The Labute approximate surface area is 122 Å². The molecule has 1 aliphatic carbocycles. The fourth-order valence-corrected chi connectivity index (χ4v) is 2.48. The van der Waals surface area contributed by atoms with Gasteiger partial charge in [-0.15, -0.1) is 0 Å². The Hall–Kier alpha value is -2.11. The quantitative estimate of drug-likeness (QED) is 0.872. The molecule has 0 radical (unpaired) electrons. The van der Waals surface area contributed by atoms with Crippen molar-refractivity contribution in [1.82, 2.24) is 5.32 Å². The number of carbonyl (C=O) groups is 2. The molecule has 1 amide bonds. The molecule has 0 bridgehead atoms. The lowest BCUT2D eigenvalue weighted by Gasteiger charge is -2.27. The molecule has 0 aromatic heterocycles. The van der Waals surface area contributed by atoms with Crippen LogP contribution in [-0.2, 0) is 9.59 Å². The minimum absolute atomic E-state index is 0.356. The molecule has 1 aromatic carbocycles. The highest BCUT2D eigenvalue weighted by Crippen LogP contribution is 2.30. The van der Waals surface area contributed by atoms with Gasteiger partial charge in [0.1, 0.15) is 17.1 Å². The zero-order valence-corrected chi connectivity index (χ0v) is 11.8. The minimum atomic E-state index is -1.18. The van der Waals surface area contributed by atoms with E-state index in [4.69, 9.17) is 4.74 Å². The maximum absolute atomic E-state index is 12.8. The molecular weight excluding hydrogens is 277 g/mol. The van der Waals surface area contributed by atoms with E-state index >= 15 is 0 Å². The number of carbonyl (C=O) groups excluding carboxylic acids is 1. The van der Waals surface area contributed by atoms with Gasteiger partial charge in [0.25, 0.3) is 5.91 Å². The van der Waals surface area contributed by atoms with Gasteiger partial charge < -0.3 is 15.2 Å². The lowest BCUT2D eigenvalue weighted by molar-refractivity contribution is -0.148. The molecule has 2 rings (SSSR count). The van der Waals surface area contributed by atoms with Crippen molar-refractivity contribution in [2.45, 2.75) is 44.2 Å². The van der Waals surface area contributed by atoms with Crippen LogP contribution in [-0.4, -0.2) is 28.6 Å². The smallest absolute Gasteiger partial charge is 0.329 e. The van der Waals surface area contributed by atoms with Crippen molar-refractivity contribution in [2.24, 2.45) is 0 Å². The van der Waals surface area contributed by atoms with Crippen LogP contribution >= 0.6 is 0 Å². The van der Waals surface area contributed by atoms with E-state index in [1.54, 1.807) is 0 Å². The molecular formula is C15H18FNO4. The molecule has 0 spiro atoms. The van der Waals surface area contributed by atoms with Gasteiger partial charge in [-0.05, 0) is 44.0 Å². The molecule has 0 saturated heterocycles. The molecule has 1 unspecified atom stereocenters. The number of amides is 1. The zero-order chi connectivity index (χ0) is 15.5. The second-order valence-electron chi connectivity index (χ2n) is 5.30. The van der Waals surface area contributed by atoms with Gasteiger partial charge in [-0.3, -0.25) is 4.79 Å². The molecule has 2 N–H and O–H groups in total. The average molecular weight is 295 g/mol. The summed E-state index contributed by atoms with van der Waals surface area (Å²) < 4.78 is 18.2. The highest BCUT2D eigenvalue weighted by atomic mass is 19.1. The minimum Gasteiger partial charge on any atom is -0.481 e. The van der Waals surface area contributed by atoms with Crippen LogP contribution in [0.1, 0.15) is 32.6 Å². The van der Waals surface area contributed by atoms with E-state index in [2.05, 4.69) is 5.32 Å². The van der Waals surface area contributed by atoms with Crippen molar-refractivity contribution in [1.29, 1.82) is 0 Å². The van der Waals surface area contributed by atoms with Crippen molar-refractivity contribution >= 4 is 11.9 Å². The third-order valence-electron chi connectivity index (χ3n) is 3.72. The number of aliphatic carboxylic acids is 1. The molecule has 1 fully saturated rings. The second-order valence-corrected chi connectivity index (χ2v) is 5.30. The Balaban J connectivity index is 1.99. The van der Waals surface area contributed by atoms with Crippen molar-refractivity contribution in [3.8, 4) is 5.75 Å². The summed E-state index contributed by atoms with van der Waals surface area (Å²) in [6, 6.07) is 5.30. The van der Waals surface area contributed by atoms with E-state index in [1.807, 2.05) is 0 Å². The lowest BCUT2D eigenvalue weighted by atomic mass is 9.97. The number of nitrogens with one attached hydrogen (secondary N) is 1. The Morgan fingerprint density at radius 2 is 1.86 bits per heavy atom. The first kappa shape index (κ1) is 15.3. The highest BCUT2D eigenvalue weighted by molar-refractivity contribution is 5.89. The third kappa shape index (κ3) is 3.51. The zero-order valence-electron chi connectivity index (χ0n) is 11.8. The van der Waals surface area contributed by atoms with Gasteiger partial charge in [-0.1, -0.05) is 12.8 Å². The van der Waals surface area contributed by atoms with Crippen LogP contribution in [0.3, 0.4) is 0 Å². The number of benzene rings is 1. The molecule has 1 aromatic rings. The van der Waals surface area contributed by atoms with E-state index < -0.39 is 29.3 Å². The van der Waals surface area contributed by atoms with Crippen LogP contribution in [0.25, 0.3) is 0 Å². The summed E-state index contributed by atoms with van der Waals surface area (Å²) in [7, 11) is 0. The number of ether oxygens (including phenoxy) is 1. The van der Waals surface area contributed by atoms with Crippen molar-refractivity contribution in [2.75, 3.05) is 0 Å². The third-order valence-corrected chi connectivity index (χ3v) is 3.72. The van der Waals surface area contributed by atoms with E-state index in [1.165, 1.54) is 31.2 Å². The topological polar surface area (TPSA) is 75.6 Å². The number of carboxylic acids is 1. The monoisotopic (exact) mass is 295 g/mol. The summed E-state index contributed by atoms with van der Waals surface area (Å²) in [4.78, 5) is 23.5. The largest absolute Gasteiger partial charge is 0.481 e. The normalized spacial score (nSPS) is 18.0. The number of carboxylic acid groups (broad SMARTS) is 1. The summed E-state index contributed by atoms with van der Waals surface area (Å²) >= 11 is 0. The van der Waals surface area contributed by atoms with Gasteiger partial charge in [0, 0.05) is 0 Å². The Bertz CT molecular complexity index is 523. The van der Waals surface area contributed by atoms with Crippen LogP contribution in [0.15, 0.2) is 24.3 Å². The molecule has 0 heterocycles. The summed E-state index contributed by atoms with van der Waals surface area (Å²) in [6.45, 7) is 1.53. The van der Waals surface area contributed by atoms with Gasteiger partial charge in [0.15, 0.2) is 6.10 Å². The molecule has 5 nitrogen and oxygen atoms in total. The van der Waals surface area contributed by atoms with Gasteiger partial charge in [0.05, 0.1) is 0 Å². The second kappa shape index (κ2) is 6.11. The van der Waals surface area contributed by atoms with E-state index in [0.29, 0.717) is 18.6 Å². The van der Waals surface area contributed by atoms with E-state index in [0.717, 1.165) is 12.8 Å². The summed E-state index contributed by atoms with van der Waals surface area (Å²) in [6.07, 6.45) is 1.56. The molecule has 1 saturated carbocycles. The van der Waals surface area contributed by atoms with Gasteiger partial charge in [-0.2, -0.15) is 0 Å². The van der Waals surface area contributed by atoms with Crippen LogP contribution in [0.4, 0.5) is 4.39 Å². The summed E-state index contributed by atoms with van der Waals surface area (Å²) in [5.74, 6) is -1.53. The summed E-state index contributed by atoms with van der Waals surface area (Å²) in [5.41, 5.74) is -1.18. The lowest BCUT2D eigenvalue weighted by Crippen LogP contribution is -2.55. The molecule has 1 aliphatic rings. The van der Waals surface area contributed by atoms with Crippen molar-refractivity contribution < 1.29 is 23.8 Å². The first-order valence-corrected chi connectivity index (χ1v) is 6.91. The van der Waals surface area contributed by atoms with Crippen LogP contribution < -0.4 is 10.1 Å². The molecule has 6 heteroatoms. The fourth-order valence-electron chi connectivity index (χ4n) is 2.48. The van der Waals surface area contributed by atoms with Gasteiger partial charge in [0.2, 0.25) is 0 Å². The number of halogens is 1.